The summed E-state index contributed by atoms with van der Waals surface area (Å²) in [7, 11) is -0.774. The van der Waals surface area contributed by atoms with E-state index in [1.165, 1.54) is 0 Å². The third-order valence-electron chi connectivity index (χ3n) is 2.20. The molecule has 100 valence electrons. The second-order valence-electron chi connectivity index (χ2n) is 3.50. The molecular formula is C10H11F3NO3P. The number of hydrogen-bond acceptors (Lipinski definition) is 3. The summed E-state index contributed by atoms with van der Waals surface area (Å²) >= 11 is 0. The van der Waals surface area contributed by atoms with E-state index in [0.29, 0.717) is 0 Å². The van der Waals surface area contributed by atoms with E-state index in [-0.39, 0.29) is 12.0 Å². The molecule has 0 fully saturated rings. The first-order valence-corrected chi connectivity index (χ1v) is 5.82. The Hall–Kier alpha value is -1.17. The van der Waals surface area contributed by atoms with Crippen molar-refractivity contribution in [2.45, 2.75) is 18.7 Å². The smallest absolute Gasteiger partial charge is 0.388 e. The van der Waals surface area contributed by atoms with Gasteiger partial charge in [-0.15, -0.1) is 0 Å². The summed E-state index contributed by atoms with van der Waals surface area (Å²) in [5.41, 5.74) is -0.612. The zero-order valence-electron chi connectivity index (χ0n) is 9.03. The van der Waals surface area contributed by atoms with Crippen LogP contribution in [0.4, 0.5) is 13.2 Å². The lowest BCUT2D eigenvalue weighted by Gasteiger charge is -2.12. The zero-order valence-corrected chi connectivity index (χ0v) is 10.0. The van der Waals surface area contributed by atoms with Crippen LogP contribution in [-0.4, -0.2) is 15.9 Å². The summed E-state index contributed by atoms with van der Waals surface area (Å²) in [6.07, 6.45) is -5.96. The summed E-state index contributed by atoms with van der Waals surface area (Å²) in [6, 6.07) is 3.90. The average molecular weight is 281 g/mol. The largest absolute Gasteiger partial charge is 0.416 e. The molecule has 0 radical (unpaired) electrons. The molecule has 0 aliphatic rings. The number of nitrogens with one attached hydrogen (secondary N) is 1. The van der Waals surface area contributed by atoms with Crippen molar-refractivity contribution in [3.63, 3.8) is 0 Å². The molecule has 0 saturated carbocycles. The van der Waals surface area contributed by atoms with Gasteiger partial charge in [-0.2, -0.15) is 13.2 Å². The molecule has 8 heteroatoms. The SMILES string of the molecule is O=C(CC(O)c1ccc(C(F)(F)F)cc1)NPO. The van der Waals surface area contributed by atoms with Crippen LogP contribution in [0.5, 0.6) is 0 Å². The Morgan fingerprint density at radius 1 is 1.33 bits per heavy atom. The van der Waals surface area contributed by atoms with Crippen molar-refractivity contribution < 1.29 is 28.0 Å². The Bertz CT molecular complexity index is 408. The van der Waals surface area contributed by atoms with Crippen LogP contribution < -0.4 is 5.09 Å². The van der Waals surface area contributed by atoms with Crippen LogP contribution in [0.25, 0.3) is 0 Å². The predicted octanol–water partition coefficient (Wildman–Crippen LogP) is 1.75. The van der Waals surface area contributed by atoms with Crippen molar-refractivity contribution in [3.8, 4) is 0 Å². The maximum Gasteiger partial charge on any atom is 0.416 e. The van der Waals surface area contributed by atoms with E-state index in [4.69, 9.17) is 4.89 Å². The van der Waals surface area contributed by atoms with Gasteiger partial charge in [-0.1, -0.05) is 12.1 Å². The zero-order chi connectivity index (χ0) is 13.8. The van der Waals surface area contributed by atoms with Gasteiger partial charge in [0.2, 0.25) is 5.91 Å². The molecule has 1 aromatic rings. The van der Waals surface area contributed by atoms with E-state index in [1.807, 2.05) is 0 Å². The van der Waals surface area contributed by atoms with E-state index >= 15 is 0 Å². The molecular weight excluding hydrogens is 270 g/mol. The second-order valence-corrected chi connectivity index (χ2v) is 3.97. The Morgan fingerprint density at radius 3 is 2.33 bits per heavy atom. The van der Waals surface area contributed by atoms with Gasteiger partial charge in [-0.25, -0.2) is 0 Å². The van der Waals surface area contributed by atoms with Crippen molar-refractivity contribution in [1.82, 2.24) is 5.09 Å². The number of benzene rings is 1. The van der Waals surface area contributed by atoms with E-state index in [1.54, 1.807) is 0 Å². The molecule has 4 nitrogen and oxygen atoms in total. The van der Waals surface area contributed by atoms with Gasteiger partial charge in [0.1, 0.15) is 8.96 Å². The first-order chi connectivity index (χ1) is 8.34. The van der Waals surface area contributed by atoms with Gasteiger partial charge in [-0.05, 0) is 17.7 Å². The Morgan fingerprint density at radius 2 is 1.89 bits per heavy atom. The van der Waals surface area contributed by atoms with Gasteiger partial charge in [-0.3, -0.25) is 4.79 Å². The lowest BCUT2D eigenvalue weighted by atomic mass is 10.0. The number of carbonyl (C=O) groups excluding carboxylic acids is 1. The van der Waals surface area contributed by atoms with E-state index in [2.05, 4.69) is 5.09 Å². The molecule has 0 saturated heterocycles. The fraction of sp³-hybridized carbons (Fsp3) is 0.300. The molecule has 3 N–H and O–H groups in total. The van der Waals surface area contributed by atoms with Crippen LogP contribution in [0.1, 0.15) is 23.7 Å². The van der Waals surface area contributed by atoms with Crippen molar-refractivity contribution >= 4 is 14.9 Å². The number of aliphatic hydroxyl groups is 1. The summed E-state index contributed by atoms with van der Waals surface area (Å²) in [5, 5.41) is 11.7. The van der Waals surface area contributed by atoms with Crippen LogP contribution >= 0.6 is 8.96 Å². The van der Waals surface area contributed by atoms with Crippen molar-refractivity contribution in [2.24, 2.45) is 0 Å². The molecule has 1 rings (SSSR count). The van der Waals surface area contributed by atoms with Crippen LogP contribution in [0.2, 0.25) is 0 Å². The Kier molecular flexibility index (Phi) is 5.07. The molecule has 0 aliphatic carbocycles. The fourth-order valence-corrected chi connectivity index (χ4v) is 1.53. The highest BCUT2D eigenvalue weighted by atomic mass is 31.1. The molecule has 1 amide bonds. The lowest BCUT2D eigenvalue weighted by molar-refractivity contribution is -0.137. The number of hydrogen-bond donors (Lipinski definition) is 3. The van der Waals surface area contributed by atoms with Gasteiger partial charge in [0.15, 0.2) is 0 Å². The maximum absolute atomic E-state index is 12.3. The summed E-state index contributed by atoms with van der Waals surface area (Å²) < 4.78 is 36.8. The molecule has 18 heavy (non-hydrogen) atoms. The minimum atomic E-state index is -4.43. The van der Waals surface area contributed by atoms with Crippen LogP contribution in [0.15, 0.2) is 24.3 Å². The fourth-order valence-electron chi connectivity index (χ4n) is 1.30. The minimum absolute atomic E-state index is 0.208. The monoisotopic (exact) mass is 281 g/mol. The first-order valence-electron chi connectivity index (χ1n) is 4.87. The number of rotatable bonds is 4. The molecule has 0 spiro atoms. The van der Waals surface area contributed by atoms with E-state index in [9.17, 15) is 23.1 Å². The molecule has 1 aromatic carbocycles. The van der Waals surface area contributed by atoms with Crippen LogP contribution in [0, 0.1) is 0 Å². The van der Waals surface area contributed by atoms with Gasteiger partial charge < -0.3 is 15.1 Å². The molecule has 0 aromatic heterocycles. The number of alkyl halides is 3. The predicted molar refractivity (Wildman–Crippen MR) is 59.7 cm³/mol. The molecule has 0 heterocycles. The van der Waals surface area contributed by atoms with Crippen LogP contribution in [-0.2, 0) is 11.0 Å². The highest BCUT2D eigenvalue weighted by Gasteiger charge is 2.30. The van der Waals surface area contributed by atoms with Gasteiger partial charge in [0, 0.05) is 0 Å². The molecule has 2 unspecified atom stereocenters. The second kappa shape index (κ2) is 6.13. The number of carbonyl (C=O) groups is 1. The van der Waals surface area contributed by atoms with Gasteiger partial charge >= 0.3 is 6.18 Å². The first kappa shape index (κ1) is 14.9. The summed E-state index contributed by atoms with van der Waals surface area (Å²) in [6.45, 7) is 0. The van der Waals surface area contributed by atoms with Crippen molar-refractivity contribution in [1.29, 1.82) is 0 Å². The maximum atomic E-state index is 12.3. The van der Waals surface area contributed by atoms with Gasteiger partial charge in [0.25, 0.3) is 0 Å². The third kappa shape index (κ3) is 4.25. The number of aliphatic hydroxyl groups excluding tert-OH is 1. The standard InChI is InChI=1S/C10H11F3NO3P/c11-10(12,13)7-3-1-6(2-4-7)8(15)5-9(16)14-18-17/h1-4,8,15,17-18H,5H2,(H,14,16). The Labute approximate surface area is 103 Å². The lowest BCUT2D eigenvalue weighted by Crippen LogP contribution is -2.17. The van der Waals surface area contributed by atoms with Crippen LogP contribution in [0.3, 0.4) is 0 Å². The highest BCUT2D eigenvalue weighted by Crippen LogP contribution is 2.30. The summed E-state index contributed by atoms with van der Waals surface area (Å²) in [5.74, 6) is -0.580. The van der Waals surface area contributed by atoms with E-state index in [0.717, 1.165) is 24.3 Å². The average Bonchev–Trinajstić information content (AvgIpc) is 2.28. The Balaban J connectivity index is 2.70. The summed E-state index contributed by atoms with van der Waals surface area (Å²) in [4.78, 5) is 19.5. The molecule has 0 aliphatic heterocycles. The van der Waals surface area contributed by atoms with Crippen molar-refractivity contribution in [3.05, 3.63) is 35.4 Å². The third-order valence-corrected chi connectivity index (χ3v) is 2.59. The topological polar surface area (TPSA) is 69.6 Å². The molecule has 2 atom stereocenters. The van der Waals surface area contributed by atoms with E-state index < -0.39 is 32.7 Å². The highest BCUT2D eigenvalue weighted by molar-refractivity contribution is 7.29. The van der Waals surface area contributed by atoms with Gasteiger partial charge in [0.05, 0.1) is 18.1 Å². The number of halogens is 3. The van der Waals surface area contributed by atoms with Crippen molar-refractivity contribution in [2.75, 3.05) is 0 Å². The quantitative estimate of drug-likeness (QED) is 0.736. The number of amides is 1. The minimum Gasteiger partial charge on any atom is -0.388 e. The normalized spacial score (nSPS) is 13.8. The molecule has 0 bridgehead atoms.